The first-order chi connectivity index (χ1) is 10.0. The Morgan fingerprint density at radius 2 is 2.33 bits per heavy atom. The number of nitrogens with zero attached hydrogens (tertiary/aromatic N) is 3. The normalized spacial score (nSPS) is 20.2. The molecule has 1 fully saturated rings. The van der Waals surface area contributed by atoms with Crippen molar-refractivity contribution in [1.82, 2.24) is 18.9 Å². The van der Waals surface area contributed by atoms with Gasteiger partial charge in [0, 0.05) is 45.1 Å². The van der Waals surface area contributed by atoms with Crippen molar-refractivity contribution < 1.29 is 8.42 Å². The average Bonchev–Trinajstić information content (AvgIpc) is 2.89. The Morgan fingerprint density at radius 1 is 1.52 bits per heavy atom. The van der Waals surface area contributed by atoms with Crippen LogP contribution in [0.25, 0.3) is 0 Å². The molecule has 2 heterocycles. The van der Waals surface area contributed by atoms with Gasteiger partial charge in [-0.2, -0.15) is 12.7 Å². The highest BCUT2D eigenvalue weighted by Crippen LogP contribution is 2.20. The Hall–Kier alpha value is -1.02. The van der Waals surface area contributed by atoms with E-state index in [4.69, 9.17) is 0 Å². The van der Waals surface area contributed by atoms with Gasteiger partial charge < -0.3 is 4.90 Å². The van der Waals surface area contributed by atoms with E-state index in [1.54, 1.807) is 17.4 Å². The minimum Gasteiger partial charge on any atom is -0.302 e. The van der Waals surface area contributed by atoms with Crippen molar-refractivity contribution >= 4 is 10.2 Å². The fraction of sp³-hybridized carbons (Fsp3) is 0.643. The van der Waals surface area contributed by atoms with Crippen molar-refractivity contribution in [2.75, 3.05) is 33.2 Å². The summed E-state index contributed by atoms with van der Waals surface area (Å²) in [5.41, 5.74) is 1.18. The maximum Gasteiger partial charge on any atom is 0.279 e. The summed E-state index contributed by atoms with van der Waals surface area (Å²) in [4.78, 5) is 6.34. The molecule has 0 spiro atoms. The minimum atomic E-state index is -3.28. The maximum atomic E-state index is 11.9. The highest BCUT2D eigenvalue weighted by Gasteiger charge is 2.31. The molecular formula is C14H24N4O2S. The Morgan fingerprint density at radius 3 is 3.00 bits per heavy atom. The summed E-state index contributed by atoms with van der Waals surface area (Å²) in [5.74, 6) is 0.389. The Bertz CT molecular complexity index is 535. The van der Waals surface area contributed by atoms with Crippen LogP contribution >= 0.6 is 0 Å². The zero-order valence-electron chi connectivity index (χ0n) is 12.7. The molecule has 0 amide bonds. The van der Waals surface area contributed by atoms with E-state index >= 15 is 0 Å². The molecule has 1 aromatic rings. The fourth-order valence-corrected chi connectivity index (χ4v) is 4.05. The minimum absolute atomic E-state index is 0.389. The second-order valence-electron chi connectivity index (χ2n) is 5.57. The Labute approximate surface area is 127 Å². The van der Waals surface area contributed by atoms with Crippen LogP contribution in [0.15, 0.2) is 24.5 Å². The van der Waals surface area contributed by atoms with Crippen LogP contribution in [0.2, 0.25) is 0 Å². The summed E-state index contributed by atoms with van der Waals surface area (Å²) in [6.07, 6.45) is 4.55. The molecule has 1 aliphatic heterocycles. The number of aromatic nitrogens is 1. The summed E-state index contributed by atoms with van der Waals surface area (Å²) in [6, 6.07) is 3.99. The van der Waals surface area contributed by atoms with Gasteiger partial charge in [-0.05, 0) is 31.0 Å². The molecule has 1 aliphatic rings. The molecule has 21 heavy (non-hydrogen) atoms. The van der Waals surface area contributed by atoms with Gasteiger partial charge in [0.15, 0.2) is 0 Å². The van der Waals surface area contributed by atoms with Crippen LogP contribution in [0.5, 0.6) is 0 Å². The number of rotatable bonds is 7. The van der Waals surface area contributed by atoms with E-state index in [0.29, 0.717) is 25.6 Å². The second kappa shape index (κ2) is 7.31. The van der Waals surface area contributed by atoms with Crippen LogP contribution < -0.4 is 4.72 Å². The smallest absolute Gasteiger partial charge is 0.279 e. The third-order valence-corrected chi connectivity index (χ3v) is 5.33. The molecule has 0 aromatic carbocycles. The standard InChI is InChI=1S/C14H24N4O2S/c1-3-16-21(19,20)18-8-6-14(12-18)11-17(2)10-13-5-4-7-15-9-13/h4-5,7,9,14,16H,3,6,8,10-12H2,1-2H3/t14-/m1/s1. The zero-order valence-corrected chi connectivity index (χ0v) is 13.5. The maximum absolute atomic E-state index is 11.9. The molecule has 0 unspecified atom stereocenters. The zero-order chi connectivity index (χ0) is 15.3. The molecule has 6 nitrogen and oxygen atoms in total. The van der Waals surface area contributed by atoms with Crippen molar-refractivity contribution in [2.45, 2.75) is 19.9 Å². The van der Waals surface area contributed by atoms with Crippen molar-refractivity contribution in [3.8, 4) is 0 Å². The predicted molar refractivity (Wildman–Crippen MR) is 82.8 cm³/mol. The van der Waals surface area contributed by atoms with E-state index in [1.807, 2.05) is 12.3 Å². The van der Waals surface area contributed by atoms with Gasteiger partial charge in [-0.15, -0.1) is 0 Å². The predicted octanol–water partition coefficient (Wildman–Crippen LogP) is 0.690. The summed E-state index contributed by atoms with van der Waals surface area (Å²) in [5, 5.41) is 0. The molecule has 1 N–H and O–H groups in total. The van der Waals surface area contributed by atoms with E-state index in [2.05, 4.69) is 27.7 Å². The fourth-order valence-electron chi connectivity index (χ4n) is 2.75. The number of pyridine rings is 1. The summed E-state index contributed by atoms with van der Waals surface area (Å²) < 4.78 is 28.0. The van der Waals surface area contributed by atoms with E-state index < -0.39 is 10.2 Å². The van der Waals surface area contributed by atoms with Gasteiger partial charge in [-0.1, -0.05) is 13.0 Å². The molecule has 1 saturated heterocycles. The van der Waals surface area contributed by atoms with E-state index in [9.17, 15) is 8.42 Å². The molecular weight excluding hydrogens is 288 g/mol. The second-order valence-corrected chi connectivity index (χ2v) is 7.33. The van der Waals surface area contributed by atoms with Crippen molar-refractivity contribution in [3.63, 3.8) is 0 Å². The van der Waals surface area contributed by atoms with Gasteiger partial charge in [0.2, 0.25) is 0 Å². The summed E-state index contributed by atoms with van der Waals surface area (Å²) in [7, 11) is -1.22. The molecule has 0 saturated carbocycles. The molecule has 1 atom stereocenters. The van der Waals surface area contributed by atoms with Crippen LogP contribution in [0, 0.1) is 5.92 Å². The largest absolute Gasteiger partial charge is 0.302 e. The molecule has 1 aromatic heterocycles. The number of hydrogen-bond donors (Lipinski definition) is 1. The van der Waals surface area contributed by atoms with E-state index in [-0.39, 0.29) is 0 Å². The van der Waals surface area contributed by atoms with E-state index in [1.165, 1.54) is 5.56 Å². The van der Waals surface area contributed by atoms with Crippen LogP contribution in [0.4, 0.5) is 0 Å². The molecule has 118 valence electrons. The third-order valence-electron chi connectivity index (χ3n) is 3.66. The quantitative estimate of drug-likeness (QED) is 0.804. The highest BCUT2D eigenvalue weighted by atomic mass is 32.2. The lowest BCUT2D eigenvalue weighted by Crippen LogP contribution is -2.39. The van der Waals surface area contributed by atoms with Gasteiger partial charge in [0.05, 0.1) is 0 Å². The Kier molecular flexibility index (Phi) is 5.69. The number of nitrogens with one attached hydrogen (secondary N) is 1. The highest BCUT2D eigenvalue weighted by molar-refractivity contribution is 7.87. The van der Waals surface area contributed by atoms with E-state index in [0.717, 1.165) is 19.5 Å². The first kappa shape index (κ1) is 16.4. The van der Waals surface area contributed by atoms with Gasteiger partial charge in [-0.3, -0.25) is 4.98 Å². The number of hydrogen-bond acceptors (Lipinski definition) is 4. The van der Waals surface area contributed by atoms with Crippen molar-refractivity contribution in [3.05, 3.63) is 30.1 Å². The van der Waals surface area contributed by atoms with Gasteiger partial charge in [0.25, 0.3) is 10.2 Å². The van der Waals surface area contributed by atoms with Crippen molar-refractivity contribution in [1.29, 1.82) is 0 Å². The first-order valence-electron chi connectivity index (χ1n) is 7.33. The molecule has 0 aliphatic carbocycles. The molecule has 2 rings (SSSR count). The van der Waals surface area contributed by atoms with Gasteiger partial charge in [-0.25, -0.2) is 4.72 Å². The van der Waals surface area contributed by atoms with Gasteiger partial charge in [0.1, 0.15) is 0 Å². The van der Waals surface area contributed by atoms with Gasteiger partial charge >= 0.3 is 0 Å². The SMILES string of the molecule is CCNS(=O)(=O)N1CC[C@H](CN(C)Cc2cccnc2)C1. The summed E-state index contributed by atoms with van der Waals surface area (Å²) >= 11 is 0. The summed E-state index contributed by atoms with van der Waals surface area (Å²) in [6.45, 7) is 5.18. The topological polar surface area (TPSA) is 65.5 Å². The van der Waals surface area contributed by atoms with Crippen LogP contribution in [-0.2, 0) is 16.8 Å². The lowest BCUT2D eigenvalue weighted by Gasteiger charge is -2.21. The Balaban J connectivity index is 1.82. The third kappa shape index (κ3) is 4.74. The molecule has 7 heteroatoms. The monoisotopic (exact) mass is 312 g/mol. The average molecular weight is 312 g/mol. The van der Waals surface area contributed by atoms with Crippen LogP contribution in [0.3, 0.4) is 0 Å². The lowest BCUT2D eigenvalue weighted by molar-refractivity contribution is 0.273. The molecule has 0 radical (unpaired) electrons. The lowest BCUT2D eigenvalue weighted by atomic mass is 10.1. The van der Waals surface area contributed by atoms with Crippen molar-refractivity contribution in [2.24, 2.45) is 5.92 Å². The van der Waals surface area contributed by atoms with Crippen LogP contribution in [-0.4, -0.2) is 55.8 Å². The molecule has 0 bridgehead atoms. The first-order valence-corrected chi connectivity index (χ1v) is 8.77. The van der Waals surface area contributed by atoms with Crippen LogP contribution in [0.1, 0.15) is 18.9 Å².